The fourth-order valence-electron chi connectivity index (χ4n) is 2.68. The van der Waals surface area contributed by atoms with E-state index in [2.05, 4.69) is 13.0 Å². The summed E-state index contributed by atoms with van der Waals surface area (Å²) in [5.41, 5.74) is -0.385. The SMILES string of the molecule is CC/C=C/[C@H](C)C(O)C(C)C(=O)C(C)(C)C1SCCCS1. The van der Waals surface area contributed by atoms with E-state index in [1.54, 1.807) is 0 Å². The number of ketones is 1. The lowest BCUT2D eigenvalue weighted by molar-refractivity contribution is -0.134. The standard InChI is InChI=1S/C17H30O2S2/c1-6-7-9-12(2)14(18)13(3)15(19)17(4,5)16-20-10-8-11-21-16/h7,9,12-14,16,18H,6,8,10-11H2,1-5H3/b9-7+/t12-,13?,14?/m0/s1. The Morgan fingerprint density at radius 3 is 2.43 bits per heavy atom. The van der Waals surface area contributed by atoms with Crippen molar-refractivity contribution in [3.63, 3.8) is 0 Å². The highest BCUT2D eigenvalue weighted by atomic mass is 32.2. The van der Waals surface area contributed by atoms with Gasteiger partial charge >= 0.3 is 0 Å². The zero-order valence-corrected chi connectivity index (χ0v) is 15.6. The molecule has 0 saturated carbocycles. The van der Waals surface area contributed by atoms with Crippen LogP contribution in [0.1, 0.15) is 47.5 Å². The fourth-order valence-corrected chi connectivity index (χ4v) is 5.94. The van der Waals surface area contributed by atoms with Crippen molar-refractivity contribution in [1.82, 2.24) is 0 Å². The average molecular weight is 331 g/mol. The molecule has 0 aromatic heterocycles. The van der Waals surface area contributed by atoms with Crippen LogP contribution in [-0.2, 0) is 4.79 Å². The normalized spacial score (nSPS) is 22.2. The maximum absolute atomic E-state index is 12.9. The Bertz CT molecular complexity index is 360. The van der Waals surface area contributed by atoms with Crippen LogP contribution in [0, 0.1) is 17.3 Å². The van der Waals surface area contributed by atoms with Gasteiger partial charge in [0, 0.05) is 17.3 Å². The van der Waals surface area contributed by atoms with Crippen LogP contribution in [0.15, 0.2) is 12.2 Å². The fraction of sp³-hybridized carbons (Fsp3) is 0.824. The van der Waals surface area contributed by atoms with Crippen molar-refractivity contribution in [2.45, 2.75) is 58.1 Å². The van der Waals surface area contributed by atoms with E-state index in [0.29, 0.717) is 4.58 Å². The highest BCUT2D eigenvalue weighted by molar-refractivity contribution is 8.17. The summed E-state index contributed by atoms with van der Waals surface area (Å²) >= 11 is 3.79. The highest BCUT2D eigenvalue weighted by Crippen LogP contribution is 2.44. The molecule has 0 spiro atoms. The number of carbonyl (C=O) groups excluding carboxylic acids is 1. The molecule has 0 radical (unpaired) electrons. The van der Waals surface area contributed by atoms with Crippen molar-refractivity contribution in [2.75, 3.05) is 11.5 Å². The molecule has 122 valence electrons. The van der Waals surface area contributed by atoms with Crippen molar-refractivity contribution in [3.8, 4) is 0 Å². The number of allylic oxidation sites excluding steroid dienone is 1. The molecule has 1 saturated heterocycles. The summed E-state index contributed by atoms with van der Waals surface area (Å²) in [5.74, 6) is 2.17. The van der Waals surface area contributed by atoms with Gasteiger partial charge in [0.05, 0.1) is 10.7 Å². The molecule has 1 heterocycles. The largest absolute Gasteiger partial charge is 0.392 e. The lowest BCUT2D eigenvalue weighted by Gasteiger charge is -2.37. The highest BCUT2D eigenvalue weighted by Gasteiger charge is 2.42. The summed E-state index contributed by atoms with van der Waals surface area (Å²) in [6.07, 6.45) is 5.67. The number of hydrogen-bond donors (Lipinski definition) is 1. The van der Waals surface area contributed by atoms with Crippen LogP contribution in [0.5, 0.6) is 0 Å². The molecule has 21 heavy (non-hydrogen) atoms. The van der Waals surface area contributed by atoms with Crippen molar-refractivity contribution < 1.29 is 9.90 Å². The van der Waals surface area contributed by atoms with Crippen molar-refractivity contribution >= 4 is 29.3 Å². The first-order valence-corrected chi connectivity index (χ1v) is 10.0. The molecule has 3 atom stereocenters. The molecule has 0 aromatic carbocycles. The van der Waals surface area contributed by atoms with Crippen LogP contribution < -0.4 is 0 Å². The first-order valence-electron chi connectivity index (χ1n) is 7.94. The van der Waals surface area contributed by atoms with Gasteiger partial charge in [0.2, 0.25) is 0 Å². The third kappa shape index (κ3) is 5.04. The van der Waals surface area contributed by atoms with Gasteiger partial charge in [-0.25, -0.2) is 0 Å². The molecular formula is C17H30O2S2. The summed E-state index contributed by atoms with van der Waals surface area (Å²) in [6, 6.07) is 0. The molecule has 0 bridgehead atoms. The van der Waals surface area contributed by atoms with E-state index >= 15 is 0 Å². The Hall–Kier alpha value is 0.0700. The molecule has 4 heteroatoms. The second kappa shape index (κ2) is 8.64. The summed E-state index contributed by atoms with van der Waals surface area (Å²) in [6.45, 7) is 10.0. The maximum Gasteiger partial charge on any atom is 0.145 e. The number of carbonyl (C=O) groups is 1. The number of hydrogen-bond acceptors (Lipinski definition) is 4. The summed E-state index contributed by atoms with van der Waals surface area (Å²) in [7, 11) is 0. The lowest BCUT2D eigenvalue weighted by atomic mass is 9.78. The average Bonchev–Trinajstić information content (AvgIpc) is 2.51. The van der Waals surface area contributed by atoms with Crippen LogP contribution in [0.25, 0.3) is 0 Å². The van der Waals surface area contributed by atoms with E-state index in [1.165, 1.54) is 6.42 Å². The maximum atomic E-state index is 12.9. The Morgan fingerprint density at radius 2 is 1.90 bits per heavy atom. The van der Waals surface area contributed by atoms with Crippen LogP contribution in [-0.4, -0.2) is 33.1 Å². The quantitative estimate of drug-likeness (QED) is 0.703. The minimum Gasteiger partial charge on any atom is -0.392 e. The van der Waals surface area contributed by atoms with E-state index < -0.39 is 6.10 Å². The van der Waals surface area contributed by atoms with Gasteiger partial charge < -0.3 is 5.11 Å². The second-order valence-electron chi connectivity index (χ2n) is 6.49. The van der Waals surface area contributed by atoms with E-state index in [0.717, 1.165) is 17.9 Å². The topological polar surface area (TPSA) is 37.3 Å². The van der Waals surface area contributed by atoms with E-state index in [1.807, 2.05) is 57.3 Å². The second-order valence-corrected chi connectivity index (χ2v) is 9.21. The number of rotatable bonds is 7. The molecule has 1 aliphatic heterocycles. The molecule has 1 N–H and O–H groups in total. The summed E-state index contributed by atoms with van der Waals surface area (Å²) in [4.78, 5) is 12.9. The Labute approximate surface area is 138 Å². The van der Waals surface area contributed by atoms with Crippen LogP contribution in [0.4, 0.5) is 0 Å². The first-order chi connectivity index (χ1) is 9.82. The molecule has 2 unspecified atom stereocenters. The van der Waals surface area contributed by atoms with Gasteiger partial charge in [-0.3, -0.25) is 4.79 Å². The zero-order valence-electron chi connectivity index (χ0n) is 14.0. The number of Topliss-reactive ketones (excluding diaryl/α,β-unsaturated/α-hetero) is 1. The Kier molecular flexibility index (Phi) is 7.86. The number of aliphatic hydroxyl groups excluding tert-OH is 1. The summed E-state index contributed by atoms with van der Waals surface area (Å²) in [5, 5.41) is 10.5. The predicted octanol–water partition coefficient (Wildman–Crippen LogP) is 4.38. The Balaban J connectivity index is 2.73. The number of aliphatic hydroxyl groups is 1. The lowest BCUT2D eigenvalue weighted by Crippen LogP contribution is -2.43. The molecule has 1 rings (SSSR count). The molecule has 1 fully saturated rings. The smallest absolute Gasteiger partial charge is 0.145 e. The monoisotopic (exact) mass is 330 g/mol. The molecule has 0 aliphatic carbocycles. The van der Waals surface area contributed by atoms with Crippen LogP contribution in [0.2, 0.25) is 0 Å². The number of thioether (sulfide) groups is 2. The molecule has 1 aliphatic rings. The van der Waals surface area contributed by atoms with Crippen molar-refractivity contribution in [1.29, 1.82) is 0 Å². The molecule has 0 aromatic rings. The third-order valence-corrected chi connectivity index (χ3v) is 7.84. The molecule has 0 amide bonds. The van der Waals surface area contributed by atoms with Gasteiger partial charge in [-0.2, -0.15) is 0 Å². The van der Waals surface area contributed by atoms with E-state index in [9.17, 15) is 9.90 Å². The van der Waals surface area contributed by atoms with Gasteiger partial charge in [0.25, 0.3) is 0 Å². The van der Waals surface area contributed by atoms with Crippen LogP contribution >= 0.6 is 23.5 Å². The van der Waals surface area contributed by atoms with E-state index in [-0.39, 0.29) is 23.0 Å². The van der Waals surface area contributed by atoms with Gasteiger partial charge in [-0.1, -0.05) is 46.8 Å². The third-order valence-electron chi connectivity index (χ3n) is 4.19. The van der Waals surface area contributed by atoms with Gasteiger partial charge in [-0.05, 0) is 24.3 Å². The minimum absolute atomic E-state index is 0.0198. The van der Waals surface area contributed by atoms with Gasteiger partial charge in [-0.15, -0.1) is 23.5 Å². The zero-order chi connectivity index (χ0) is 16.0. The molecular weight excluding hydrogens is 300 g/mol. The Morgan fingerprint density at radius 1 is 1.33 bits per heavy atom. The summed E-state index contributed by atoms with van der Waals surface area (Å²) < 4.78 is 0.315. The predicted molar refractivity (Wildman–Crippen MR) is 95.9 cm³/mol. The van der Waals surface area contributed by atoms with Gasteiger partial charge in [0.15, 0.2) is 0 Å². The van der Waals surface area contributed by atoms with E-state index in [4.69, 9.17) is 0 Å². The minimum atomic E-state index is -0.599. The van der Waals surface area contributed by atoms with Gasteiger partial charge in [0.1, 0.15) is 5.78 Å². The van der Waals surface area contributed by atoms with Crippen molar-refractivity contribution in [2.24, 2.45) is 17.3 Å². The molecule has 2 nitrogen and oxygen atoms in total. The van der Waals surface area contributed by atoms with Crippen LogP contribution in [0.3, 0.4) is 0 Å². The first kappa shape index (κ1) is 19.1. The van der Waals surface area contributed by atoms with Crippen molar-refractivity contribution in [3.05, 3.63) is 12.2 Å².